The molecule has 0 bridgehead atoms. The molecule has 4 rings (SSSR count). The summed E-state index contributed by atoms with van der Waals surface area (Å²) in [5, 5.41) is 10.1. The predicted molar refractivity (Wildman–Crippen MR) is 102 cm³/mol. The fourth-order valence-electron chi connectivity index (χ4n) is 3.85. The fourth-order valence-corrected chi connectivity index (χ4v) is 3.85. The Morgan fingerprint density at radius 2 is 1.46 bits per heavy atom. The SMILES string of the molecule is O=C1c2ccccc2[C@H](Cc2ccccc2)N1[C@@H](CO)c1ccccc1. The Bertz CT molecular complexity index is 892. The van der Waals surface area contributed by atoms with Gasteiger partial charge >= 0.3 is 0 Å². The number of carbonyl (C=O) groups is 1. The Morgan fingerprint density at radius 1 is 0.846 bits per heavy atom. The standard InChI is InChI=1S/C23H21NO2/c25-16-22(18-11-5-2-6-12-18)24-21(15-17-9-3-1-4-10-17)19-13-7-8-14-20(19)23(24)26/h1-14,21-22,25H,15-16H2/t21-,22-/m0/s1. The molecule has 1 heterocycles. The third-order valence-electron chi connectivity index (χ3n) is 5.09. The number of carbonyl (C=O) groups excluding carboxylic acids is 1. The summed E-state index contributed by atoms with van der Waals surface area (Å²) in [5.41, 5.74) is 3.91. The molecule has 0 aromatic heterocycles. The Balaban J connectivity index is 1.77. The lowest BCUT2D eigenvalue weighted by molar-refractivity contribution is 0.0517. The van der Waals surface area contributed by atoms with Crippen LogP contribution in [0.5, 0.6) is 0 Å². The lowest BCUT2D eigenvalue weighted by atomic mass is 9.96. The fraction of sp³-hybridized carbons (Fsp3) is 0.174. The van der Waals surface area contributed by atoms with Gasteiger partial charge in [-0.1, -0.05) is 78.9 Å². The van der Waals surface area contributed by atoms with Crippen LogP contribution in [0.1, 0.15) is 39.1 Å². The molecule has 0 fully saturated rings. The van der Waals surface area contributed by atoms with E-state index >= 15 is 0 Å². The van der Waals surface area contributed by atoms with Crippen molar-refractivity contribution in [3.8, 4) is 0 Å². The maximum Gasteiger partial charge on any atom is 0.255 e. The molecule has 1 aliphatic rings. The van der Waals surface area contributed by atoms with E-state index in [1.54, 1.807) is 0 Å². The Hall–Kier alpha value is -2.91. The summed E-state index contributed by atoms with van der Waals surface area (Å²) in [7, 11) is 0. The van der Waals surface area contributed by atoms with Gasteiger partial charge in [0.25, 0.3) is 5.91 Å². The third-order valence-corrected chi connectivity index (χ3v) is 5.09. The monoisotopic (exact) mass is 343 g/mol. The molecule has 130 valence electrons. The first-order valence-corrected chi connectivity index (χ1v) is 8.91. The molecule has 1 N–H and O–H groups in total. The number of fused-ring (bicyclic) bond motifs is 1. The van der Waals surface area contributed by atoms with Crippen LogP contribution in [0.3, 0.4) is 0 Å². The van der Waals surface area contributed by atoms with E-state index in [1.165, 1.54) is 5.56 Å². The zero-order valence-corrected chi connectivity index (χ0v) is 14.5. The second-order valence-electron chi connectivity index (χ2n) is 6.61. The number of rotatable bonds is 5. The number of amides is 1. The molecule has 1 aliphatic heterocycles. The lowest BCUT2D eigenvalue weighted by Gasteiger charge is -2.33. The summed E-state index contributed by atoms with van der Waals surface area (Å²) < 4.78 is 0. The first kappa shape index (κ1) is 16.6. The van der Waals surface area contributed by atoms with E-state index in [0.717, 1.165) is 23.1 Å². The van der Waals surface area contributed by atoms with Crippen LogP contribution in [0.25, 0.3) is 0 Å². The number of hydrogen-bond acceptors (Lipinski definition) is 2. The van der Waals surface area contributed by atoms with Gasteiger partial charge in [0, 0.05) is 5.56 Å². The van der Waals surface area contributed by atoms with Crippen LogP contribution in [0.4, 0.5) is 0 Å². The average molecular weight is 343 g/mol. The molecule has 3 aromatic rings. The van der Waals surface area contributed by atoms with Crippen molar-refractivity contribution in [1.29, 1.82) is 0 Å². The van der Waals surface area contributed by atoms with Gasteiger partial charge in [-0.3, -0.25) is 4.79 Å². The zero-order chi connectivity index (χ0) is 17.9. The topological polar surface area (TPSA) is 40.5 Å². The van der Waals surface area contributed by atoms with Gasteiger partial charge in [0.1, 0.15) is 0 Å². The molecule has 0 aliphatic carbocycles. The number of benzene rings is 3. The van der Waals surface area contributed by atoms with Crippen molar-refractivity contribution in [1.82, 2.24) is 4.90 Å². The second-order valence-corrected chi connectivity index (χ2v) is 6.61. The third kappa shape index (κ3) is 2.91. The van der Waals surface area contributed by atoms with Crippen molar-refractivity contribution in [2.45, 2.75) is 18.5 Å². The maximum atomic E-state index is 13.2. The first-order chi connectivity index (χ1) is 12.8. The van der Waals surface area contributed by atoms with Gasteiger partial charge in [0.2, 0.25) is 0 Å². The van der Waals surface area contributed by atoms with Gasteiger partial charge in [-0.25, -0.2) is 0 Å². The van der Waals surface area contributed by atoms with E-state index in [2.05, 4.69) is 12.1 Å². The van der Waals surface area contributed by atoms with E-state index < -0.39 is 0 Å². The van der Waals surface area contributed by atoms with Crippen LogP contribution in [-0.4, -0.2) is 22.5 Å². The Morgan fingerprint density at radius 3 is 2.15 bits per heavy atom. The van der Waals surface area contributed by atoms with Crippen molar-refractivity contribution in [3.05, 3.63) is 107 Å². The van der Waals surface area contributed by atoms with Crippen LogP contribution >= 0.6 is 0 Å². The highest BCUT2D eigenvalue weighted by atomic mass is 16.3. The minimum absolute atomic E-state index is 0.00978. The van der Waals surface area contributed by atoms with E-state index in [4.69, 9.17) is 0 Å². The molecule has 0 saturated carbocycles. The lowest BCUT2D eigenvalue weighted by Crippen LogP contribution is -2.35. The molecule has 0 saturated heterocycles. The van der Waals surface area contributed by atoms with Crippen LogP contribution in [0, 0.1) is 0 Å². The highest BCUT2D eigenvalue weighted by Gasteiger charge is 2.40. The molecule has 0 spiro atoms. The molecule has 3 nitrogen and oxygen atoms in total. The van der Waals surface area contributed by atoms with E-state index in [9.17, 15) is 9.90 Å². The number of aliphatic hydroxyl groups is 1. The molecular weight excluding hydrogens is 322 g/mol. The first-order valence-electron chi connectivity index (χ1n) is 8.91. The van der Waals surface area contributed by atoms with Crippen LogP contribution < -0.4 is 0 Å². The van der Waals surface area contributed by atoms with Crippen LogP contribution in [0.2, 0.25) is 0 Å². The van der Waals surface area contributed by atoms with Gasteiger partial charge in [-0.2, -0.15) is 0 Å². The molecular formula is C23H21NO2. The highest BCUT2D eigenvalue weighted by Crippen LogP contribution is 2.41. The van der Waals surface area contributed by atoms with E-state index in [0.29, 0.717) is 0 Å². The van der Waals surface area contributed by atoms with Gasteiger partial charge in [0.15, 0.2) is 0 Å². The summed E-state index contributed by atoms with van der Waals surface area (Å²) >= 11 is 0. The number of nitrogens with zero attached hydrogens (tertiary/aromatic N) is 1. The van der Waals surface area contributed by atoms with E-state index in [1.807, 2.05) is 77.7 Å². The van der Waals surface area contributed by atoms with Gasteiger partial charge in [-0.15, -0.1) is 0 Å². The number of aliphatic hydroxyl groups excluding tert-OH is 1. The molecule has 2 atom stereocenters. The Labute approximate surface area is 153 Å². The van der Waals surface area contributed by atoms with Crippen molar-refractivity contribution < 1.29 is 9.90 Å². The number of hydrogen-bond donors (Lipinski definition) is 1. The van der Waals surface area contributed by atoms with E-state index in [-0.39, 0.29) is 24.6 Å². The molecule has 1 amide bonds. The molecule has 3 heteroatoms. The summed E-state index contributed by atoms with van der Waals surface area (Å²) in [6.07, 6.45) is 0.729. The van der Waals surface area contributed by atoms with Crippen molar-refractivity contribution in [2.75, 3.05) is 6.61 Å². The molecule has 0 unspecified atom stereocenters. The molecule has 26 heavy (non-hydrogen) atoms. The zero-order valence-electron chi connectivity index (χ0n) is 14.5. The van der Waals surface area contributed by atoms with Crippen molar-refractivity contribution in [2.24, 2.45) is 0 Å². The highest BCUT2D eigenvalue weighted by molar-refractivity contribution is 5.99. The average Bonchev–Trinajstić information content (AvgIpc) is 2.97. The second kappa shape index (κ2) is 7.14. The summed E-state index contributed by atoms with van der Waals surface area (Å²) in [4.78, 5) is 15.0. The predicted octanol–water partition coefficient (Wildman–Crippen LogP) is 4.16. The summed E-state index contributed by atoms with van der Waals surface area (Å²) in [6.45, 7) is -0.102. The summed E-state index contributed by atoms with van der Waals surface area (Å²) in [5.74, 6) is -0.00978. The van der Waals surface area contributed by atoms with Gasteiger partial charge in [0.05, 0.1) is 18.7 Å². The minimum Gasteiger partial charge on any atom is -0.394 e. The van der Waals surface area contributed by atoms with Crippen LogP contribution in [-0.2, 0) is 6.42 Å². The quantitative estimate of drug-likeness (QED) is 0.756. The Kier molecular flexibility index (Phi) is 4.55. The maximum absolute atomic E-state index is 13.2. The van der Waals surface area contributed by atoms with Gasteiger partial charge < -0.3 is 10.0 Å². The van der Waals surface area contributed by atoms with Crippen molar-refractivity contribution in [3.63, 3.8) is 0 Å². The van der Waals surface area contributed by atoms with Gasteiger partial charge in [-0.05, 0) is 29.2 Å². The largest absolute Gasteiger partial charge is 0.394 e. The normalized spacial score (nSPS) is 17.2. The summed E-state index contributed by atoms with van der Waals surface area (Å²) in [6, 6.07) is 27.3. The van der Waals surface area contributed by atoms with Crippen molar-refractivity contribution >= 4 is 5.91 Å². The smallest absolute Gasteiger partial charge is 0.255 e. The molecule has 0 radical (unpaired) electrons. The minimum atomic E-state index is -0.357. The van der Waals surface area contributed by atoms with Crippen LogP contribution in [0.15, 0.2) is 84.9 Å². The molecule has 3 aromatic carbocycles.